The van der Waals surface area contributed by atoms with Gasteiger partial charge in [0.2, 0.25) is 0 Å². The van der Waals surface area contributed by atoms with Crippen molar-refractivity contribution in [3.63, 3.8) is 0 Å². The number of amides is 2. The topological polar surface area (TPSA) is 74.8 Å². The summed E-state index contributed by atoms with van der Waals surface area (Å²) in [4.78, 5) is 32.9. The summed E-state index contributed by atoms with van der Waals surface area (Å²) in [7, 11) is 0. The van der Waals surface area contributed by atoms with Gasteiger partial charge in [0.25, 0.3) is 11.8 Å². The fourth-order valence-corrected chi connectivity index (χ4v) is 3.43. The maximum atomic E-state index is 13.8. The van der Waals surface area contributed by atoms with Crippen LogP contribution in [0.4, 0.5) is 15.9 Å². The van der Waals surface area contributed by atoms with Crippen LogP contribution in [0.15, 0.2) is 72.9 Å². The molecule has 0 aliphatic carbocycles. The molecule has 1 aromatic heterocycles. The minimum absolute atomic E-state index is 0.0126. The molecule has 32 heavy (non-hydrogen) atoms. The van der Waals surface area contributed by atoms with Crippen LogP contribution in [0.3, 0.4) is 0 Å². The average Bonchev–Trinajstić information content (AvgIpc) is 2.84. The van der Waals surface area contributed by atoms with Gasteiger partial charge in [0.05, 0.1) is 17.4 Å². The Morgan fingerprint density at radius 1 is 0.938 bits per heavy atom. The van der Waals surface area contributed by atoms with Crippen molar-refractivity contribution in [2.75, 3.05) is 43.0 Å². The van der Waals surface area contributed by atoms with Crippen molar-refractivity contribution in [3.05, 3.63) is 84.3 Å². The molecule has 0 spiro atoms. The van der Waals surface area contributed by atoms with E-state index in [2.05, 4.69) is 15.2 Å². The number of nitrogens with one attached hydrogen (secondary N) is 1. The second-order valence-corrected chi connectivity index (χ2v) is 7.31. The molecule has 7 nitrogen and oxygen atoms in total. The van der Waals surface area contributed by atoms with E-state index in [0.29, 0.717) is 37.6 Å². The van der Waals surface area contributed by atoms with Crippen LogP contribution in [0.5, 0.6) is 5.75 Å². The number of anilines is 2. The molecule has 164 valence electrons. The second-order valence-electron chi connectivity index (χ2n) is 7.31. The molecule has 4 rings (SSSR count). The van der Waals surface area contributed by atoms with Crippen LogP contribution >= 0.6 is 0 Å². The molecule has 0 radical (unpaired) electrons. The molecule has 2 aromatic carbocycles. The lowest BCUT2D eigenvalue weighted by molar-refractivity contribution is -0.133. The Balaban J connectivity index is 1.27. The van der Waals surface area contributed by atoms with Crippen LogP contribution in [0.2, 0.25) is 0 Å². The van der Waals surface area contributed by atoms with Gasteiger partial charge in [-0.15, -0.1) is 0 Å². The van der Waals surface area contributed by atoms with E-state index in [1.54, 1.807) is 29.3 Å². The number of benzene rings is 2. The highest BCUT2D eigenvalue weighted by molar-refractivity contribution is 6.04. The molecule has 2 amide bonds. The fraction of sp³-hybridized carbons (Fsp3) is 0.208. The predicted octanol–water partition coefficient (Wildman–Crippen LogP) is 3.20. The molecular formula is C24H23FN4O3. The molecule has 1 saturated heterocycles. The first-order valence-electron chi connectivity index (χ1n) is 10.3. The van der Waals surface area contributed by atoms with Gasteiger partial charge in [-0.25, -0.2) is 9.37 Å². The smallest absolute Gasteiger partial charge is 0.260 e. The lowest BCUT2D eigenvalue weighted by atomic mass is 10.2. The molecule has 1 aliphatic rings. The number of carbonyl (C=O) groups is 2. The highest BCUT2D eigenvalue weighted by atomic mass is 19.1. The molecule has 2 heterocycles. The Labute approximate surface area is 185 Å². The van der Waals surface area contributed by atoms with Crippen LogP contribution in [-0.4, -0.2) is 54.5 Å². The maximum Gasteiger partial charge on any atom is 0.260 e. The summed E-state index contributed by atoms with van der Waals surface area (Å²) >= 11 is 0. The summed E-state index contributed by atoms with van der Waals surface area (Å²) in [5, 5.41) is 2.65. The number of halogens is 1. The number of aromatic nitrogens is 1. The molecular weight excluding hydrogens is 411 g/mol. The standard InChI is InChI=1S/C24H23FN4O3/c25-21-9-5-4-8-20(21)24(31)27-18-10-11-22(26-16-18)28-12-14-29(15-13-28)23(30)17-32-19-6-2-1-3-7-19/h1-11,16H,12-15,17H2,(H,27,31). The highest BCUT2D eigenvalue weighted by Crippen LogP contribution is 2.18. The molecule has 0 atom stereocenters. The summed E-state index contributed by atoms with van der Waals surface area (Å²) in [6.45, 7) is 2.45. The van der Waals surface area contributed by atoms with Crippen molar-refractivity contribution < 1.29 is 18.7 Å². The Morgan fingerprint density at radius 3 is 2.34 bits per heavy atom. The third kappa shape index (κ3) is 5.21. The van der Waals surface area contributed by atoms with Crippen molar-refractivity contribution in [3.8, 4) is 5.75 Å². The first kappa shape index (κ1) is 21.3. The number of hydrogen-bond donors (Lipinski definition) is 1. The largest absolute Gasteiger partial charge is 0.484 e. The summed E-state index contributed by atoms with van der Waals surface area (Å²) in [5.74, 6) is 0.277. The van der Waals surface area contributed by atoms with Crippen molar-refractivity contribution >= 4 is 23.3 Å². The molecule has 0 unspecified atom stereocenters. The lowest BCUT2D eigenvalue weighted by Gasteiger charge is -2.35. The number of nitrogens with zero attached hydrogens (tertiary/aromatic N) is 3. The number of pyridine rings is 1. The third-order valence-electron chi connectivity index (χ3n) is 5.19. The molecule has 0 bridgehead atoms. The monoisotopic (exact) mass is 434 g/mol. The van der Waals surface area contributed by atoms with Gasteiger partial charge in [0.1, 0.15) is 17.4 Å². The zero-order chi connectivity index (χ0) is 22.3. The molecule has 3 aromatic rings. The molecule has 8 heteroatoms. The minimum atomic E-state index is -0.573. The first-order chi connectivity index (χ1) is 15.6. The summed E-state index contributed by atoms with van der Waals surface area (Å²) in [5.41, 5.74) is 0.461. The van der Waals surface area contributed by atoms with E-state index in [1.807, 2.05) is 30.3 Å². The van der Waals surface area contributed by atoms with Crippen LogP contribution in [0.1, 0.15) is 10.4 Å². The summed E-state index contributed by atoms with van der Waals surface area (Å²) in [6, 6.07) is 18.6. The summed E-state index contributed by atoms with van der Waals surface area (Å²) < 4.78 is 19.3. The average molecular weight is 434 g/mol. The zero-order valence-corrected chi connectivity index (χ0v) is 17.4. The number of piperazine rings is 1. The van der Waals surface area contributed by atoms with E-state index < -0.39 is 11.7 Å². The Kier molecular flexibility index (Phi) is 6.60. The van der Waals surface area contributed by atoms with Crippen LogP contribution in [0, 0.1) is 5.82 Å². The van der Waals surface area contributed by atoms with Gasteiger partial charge in [-0.3, -0.25) is 9.59 Å². The van der Waals surface area contributed by atoms with Gasteiger partial charge in [-0.05, 0) is 36.4 Å². The van der Waals surface area contributed by atoms with E-state index >= 15 is 0 Å². The van der Waals surface area contributed by atoms with Gasteiger partial charge in [0, 0.05) is 26.2 Å². The van der Waals surface area contributed by atoms with Gasteiger partial charge < -0.3 is 19.9 Å². The van der Waals surface area contributed by atoms with Crippen LogP contribution in [0.25, 0.3) is 0 Å². The SMILES string of the molecule is O=C(Nc1ccc(N2CCN(C(=O)COc3ccccc3)CC2)nc1)c1ccccc1F. The van der Waals surface area contributed by atoms with E-state index in [1.165, 1.54) is 18.2 Å². The van der Waals surface area contributed by atoms with Gasteiger partial charge >= 0.3 is 0 Å². The van der Waals surface area contributed by atoms with E-state index in [9.17, 15) is 14.0 Å². The van der Waals surface area contributed by atoms with E-state index in [0.717, 1.165) is 5.82 Å². The molecule has 1 N–H and O–H groups in total. The van der Waals surface area contributed by atoms with Crippen molar-refractivity contribution in [2.24, 2.45) is 0 Å². The van der Waals surface area contributed by atoms with Gasteiger partial charge in [-0.1, -0.05) is 30.3 Å². The van der Waals surface area contributed by atoms with Gasteiger partial charge in [0.15, 0.2) is 6.61 Å². The number of ether oxygens (including phenoxy) is 1. The maximum absolute atomic E-state index is 13.8. The fourth-order valence-electron chi connectivity index (χ4n) is 3.43. The molecule has 0 saturated carbocycles. The number of hydrogen-bond acceptors (Lipinski definition) is 5. The molecule has 1 fully saturated rings. The number of rotatable bonds is 6. The first-order valence-corrected chi connectivity index (χ1v) is 10.3. The Bertz CT molecular complexity index is 1070. The Morgan fingerprint density at radius 2 is 1.66 bits per heavy atom. The minimum Gasteiger partial charge on any atom is -0.484 e. The van der Waals surface area contributed by atoms with Gasteiger partial charge in [-0.2, -0.15) is 0 Å². The number of para-hydroxylation sites is 1. The zero-order valence-electron chi connectivity index (χ0n) is 17.4. The second kappa shape index (κ2) is 9.91. The van der Waals surface area contributed by atoms with Crippen molar-refractivity contribution in [2.45, 2.75) is 0 Å². The van der Waals surface area contributed by atoms with Crippen LogP contribution in [-0.2, 0) is 4.79 Å². The van der Waals surface area contributed by atoms with Crippen molar-refractivity contribution in [1.82, 2.24) is 9.88 Å². The van der Waals surface area contributed by atoms with E-state index in [4.69, 9.17) is 4.74 Å². The lowest BCUT2D eigenvalue weighted by Crippen LogP contribution is -2.50. The van der Waals surface area contributed by atoms with Crippen LogP contribution < -0.4 is 15.0 Å². The third-order valence-corrected chi connectivity index (χ3v) is 5.19. The highest BCUT2D eigenvalue weighted by Gasteiger charge is 2.22. The summed E-state index contributed by atoms with van der Waals surface area (Å²) in [6.07, 6.45) is 1.54. The Hall–Kier alpha value is -3.94. The molecule has 1 aliphatic heterocycles. The normalized spacial score (nSPS) is 13.5. The van der Waals surface area contributed by atoms with Crippen molar-refractivity contribution in [1.29, 1.82) is 0 Å². The predicted molar refractivity (Wildman–Crippen MR) is 119 cm³/mol. The number of carbonyl (C=O) groups excluding carboxylic acids is 2. The van der Waals surface area contributed by atoms with E-state index in [-0.39, 0.29) is 18.1 Å². The quantitative estimate of drug-likeness (QED) is 0.645.